The summed E-state index contributed by atoms with van der Waals surface area (Å²) in [5, 5.41) is 9.61. The SMILES string of the molecule is CO[C@H](c1cc(COc2ccc3c(c2)[C@]2(CCC3)C[C@@H]2C(=O)O)ccc1-c1cncs1)C(C)(C)C. The maximum atomic E-state index is 11.7. The van der Waals surface area contributed by atoms with Crippen LogP contribution in [0.2, 0.25) is 0 Å². The molecule has 0 amide bonds. The number of aliphatic carboxylic acids is 1. The van der Waals surface area contributed by atoms with Crippen LogP contribution in [0.15, 0.2) is 48.1 Å². The highest BCUT2D eigenvalue weighted by atomic mass is 32.1. The third-order valence-electron chi connectivity index (χ3n) is 7.58. The zero-order chi connectivity index (χ0) is 24.8. The van der Waals surface area contributed by atoms with Gasteiger partial charge in [0.05, 0.1) is 22.4 Å². The zero-order valence-corrected chi connectivity index (χ0v) is 21.7. The van der Waals surface area contributed by atoms with Crippen LogP contribution in [0.5, 0.6) is 5.75 Å². The maximum absolute atomic E-state index is 11.7. The average Bonchev–Trinajstić information content (AvgIpc) is 3.28. The van der Waals surface area contributed by atoms with Gasteiger partial charge in [-0.05, 0) is 77.1 Å². The normalized spacial score (nSPS) is 22.0. The lowest BCUT2D eigenvalue weighted by Crippen LogP contribution is -2.21. The van der Waals surface area contributed by atoms with Crippen molar-refractivity contribution in [1.82, 2.24) is 4.98 Å². The summed E-state index contributed by atoms with van der Waals surface area (Å²) in [6.07, 6.45) is 5.59. The van der Waals surface area contributed by atoms with Crippen molar-refractivity contribution < 1.29 is 19.4 Å². The van der Waals surface area contributed by atoms with E-state index in [0.29, 0.717) is 6.61 Å². The van der Waals surface area contributed by atoms with E-state index in [1.807, 2.05) is 17.8 Å². The average molecular weight is 492 g/mol. The molecule has 1 heterocycles. The number of aromatic nitrogens is 1. The molecule has 6 heteroatoms. The molecule has 1 spiro atoms. The molecule has 5 nitrogen and oxygen atoms in total. The van der Waals surface area contributed by atoms with Gasteiger partial charge in [-0.2, -0.15) is 0 Å². The van der Waals surface area contributed by atoms with E-state index >= 15 is 0 Å². The van der Waals surface area contributed by atoms with E-state index in [4.69, 9.17) is 9.47 Å². The molecule has 1 saturated carbocycles. The number of hydrogen-bond acceptors (Lipinski definition) is 5. The lowest BCUT2D eigenvalue weighted by atomic mass is 9.78. The highest BCUT2D eigenvalue weighted by Crippen LogP contribution is 2.60. The molecule has 2 aliphatic carbocycles. The maximum Gasteiger partial charge on any atom is 0.307 e. The number of methoxy groups -OCH3 is 1. The molecule has 35 heavy (non-hydrogen) atoms. The Morgan fingerprint density at radius 1 is 1.26 bits per heavy atom. The summed E-state index contributed by atoms with van der Waals surface area (Å²) >= 11 is 1.63. The van der Waals surface area contributed by atoms with Crippen LogP contribution in [0.4, 0.5) is 0 Å². The highest BCUT2D eigenvalue weighted by Gasteiger charge is 2.60. The van der Waals surface area contributed by atoms with E-state index < -0.39 is 5.97 Å². The minimum atomic E-state index is -0.677. The number of nitrogens with zero attached hydrogens (tertiary/aromatic N) is 1. The Labute approximate surface area is 211 Å². The number of thiazole rings is 1. The Hall–Kier alpha value is -2.70. The summed E-state index contributed by atoms with van der Waals surface area (Å²) in [4.78, 5) is 17.1. The molecule has 184 valence electrons. The molecule has 2 aromatic carbocycles. The van der Waals surface area contributed by atoms with Gasteiger partial charge in [0.15, 0.2) is 0 Å². The minimum absolute atomic E-state index is 0.0778. The highest BCUT2D eigenvalue weighted by molar-refractivity contribution is 7.13. The van der Waals surface area contributed by atoms with Crippen LogP contribution in [0.3, 0.4) is 0 Å². The molecule has 2 aliphatic rings. The van der Waals surface area contributed by atoms with Gasteiger partial charge in [-0.25, -0.2) is 0 Å². The van der Waals surface area contributed by atoms with Gasteiger partial charge in [0, 0.05) is 18.7 Å². The predicted octanol–water partition coefficient (Wildman–Crippen LogP) is 6.80. The Balaban J connectivity index is 1.41. The van der Waals surface area contributed by atoms with Crippen LogP contribution in [-0.4, -0.2) is 23.2 Å². The van der Waals surface area contributed by atoms with Gasteiger partial charge in [0.25, 0.3) is 0 Å². The van der Waals surface area contributed by atoms with Gasteiger partial charge < -0.3 is 14.6 Å². The van der Waals surface area contributed by atoms with Gasteiger partial charge in [-0.1, -0.05) is 39.0 Å². The molecule has 5 rings (SSSR count). The lowest BCUT2D eigenvalue weighted by Gasteiger charge is -2.31. The fourth-order valence-electron chi connectivity index (χ4n) is 5.86. The van der Waals surface area contributed by atoms with Crippen LogP contribution in [-0.2, 0) is 28.0 Å². The van der Waals surface area contributed by atoms with Crippen molar-refractivity contribution in [2.75, 3.05) is 7.11 Å². The molecule has 3 atom stereocenters. The van der Waals surface area contributed by atoms with Gasteiger partial charge in [0.1, 0.15) is 12.4 Å². The van der Waals surface area contributed by atoms with E-state index in [-0.39, 0.29) is 22.9 Å². The summed E-state index contributed by atoms with van der Waals surface area (Å²) in [6, 6.07) is 12.7. The first kappa shape index (κ1) is 24.0. The molecule has 1 fully saturated rings. The summed E-state index contributed by atoms with van der Waals surface area (Å²) in [6.45, 7) is 6.99. The molecule has 0 bridgehead atoms. The van der Waals surface area contributed by atoms with Crippen LogP contribution in [0, 0.1) is 11.3 Å². The van der Waals surface area contributed by atoms with E-state index in [9.17, 15) is 9.90 Å². The topological polar surface area (TPSA) is 68.7 Å². The van der Waals surface area contributed by atoms with Gasteiger partial charge in [-0.3, -0.25) is 9.78 Å². The fourth-order valence-corrected chi connectivity index (χ4v) is 6.53. The van der Waals surface area contributed by atoms with Crippen molar-refractivity contribution in [1.29, 1.82) is 0 Å². The molecule has 0 radical (unpaired) electrons. The van der Waals surface area contributed by atoms with Gasteiger partial charge >= 0.3 is 5.97 Å². The number of benzene rings is 2. The van der Waals surface area contributed by atoms with E-state index in [1.54, 1.807) is 18.4 Å². The first-order chi connectivity index (χ1) is 16.7. The molecular formula is C29H33NO4S. The quantitative estimate of drug-likeness (QED) is 0.394. The zero-order valence-electron chi connectivity index (χ0n) is 20.8. The van der Waals surface area contributed by atoms with Crippen LogP contribution in [0.1, 0.15) is 68.4 Å². The monoisotopic (exact) mass is 491 g/mol. The van der Waals surface area contributed by atoms with Crippen molar-refractivity contribution in [2.45, 2.75) is 64.6 Å². The molecule has 3 aromatic rings. The standard InChI is InChI=1S/C29H33NO4S/c1-28(2,3)26(33-4)22-12-18(7-10-21(22)25-15-30-17-35-25)16-34-20-9-8-19-6-5-11-29(23(19)13-20)14-24(29)27(31)32/h7-10,12-13,15,17,24,26H,5-6,11,14,16H2,1-4H3,(H,31,32)/t24-,26-,29+/m1/s1. The predicted molar refractivity (Wildman–Crippen MR) is 138 cm³/mol. The van der Waals surface area contributed by atoms with Crippen LogP contribution >= 0.6 is 11.3 Å². The minimum Gasteiger partial charge on any atom is -0.489 e. The number of rotatable bonds is 7. The number of ether oxygens (including phenoxy) is 2. The smallest absolute Gasteiger partial charge is 0.307 e. The van der Waals surface area contributed by atoms with Crippen molar-refractivity contribution in [3.05, 3.63) is 70.4 Å². The Bertz CT molecular complexity index is 1230. The fraction of sp³-hybridized carbons (Fsp3) is 0.448. The molecule has 1 aromatic heterocycles. The number of aryl methyl sites for hydroxylation is 1. The largest absolute Gasteiger partial charge is 0.489 e. The number of carbonyl (C=O) groups is 1. The molecule has 0 saturated heterocycles. The van der Waals surface area contributed by atoms with Crippen LogP contribution < -0.4 is 4.74 Å². The Morgan fingerprint density at radius 2 is 2.09 bits per heavy atom. The molecule has 0 aliphatic heterocycles. The summed E-state index contributed by atoms with van der Waals surface area (Å²) in [5.41, 5.74) is 7.39. The first-order valence-electron chi connectivity index (χ1n) is 12.3. The first-order valence-corrected chi connectivity index (χ1v) is 13.1. The lowest BCUT2D eigenvalue weighted by molar-refractivity contribution is -0.139. The van der Waals surface area contributed by atoms with Crippen molar-refractivity contribution in [3.63, 3.8) is 0 Å². The second kappa shape index (κ2) is 9.07. The van der Waals surface area contributed by atoms with E-state index in [2.05, 4.69) is 56.1 Å². The van der Waals surface area contributed by atoms with Crippen LogP contribution in [0.25, 0.3) is 10.4 Å². The molecular weight excluding hydrogens is 458 g/mol. The Morgan fingerprint density at radius 3 is 2.74 bits per heavy atom. The molecule has 0 unspecified atom stereocenters. The van der Waals surface area contributed by atoms with Gasteiger partial charge in [0.2, 0.25) is 0 Å². The van der Waals surface area contributed by atoms with Crippen molar-refractivity contribution >= 4 is 17.3 Å². The second-order valence-corrected chi connectivity index (χ2v) is 11.9. The summed E-state index contributed by atoms with van der Waals surface area (Å²) < 4.78 is 12.2. The second-order valence-electron chi connectivity index (χ2n) is 11.0. The van der Waals surface area contributed by atoms with Crippen molar-refractivity contribution in [2.24, 2.45) is 11.3 Å². The number of carboxylic acids is 1. The number of fused-ring (bicyclic) bond motifs is 2. The van der Waals surface area contributed by atoms with E-state index in [1.165, 1.54) is 11.1 Å². The number of carboxylic acid groups (broad SMARTS) is 1. The summed E-state index contributed by atoms with van der Waals surface area (Å²) in [7, 11) is 1.76. The third kappa shape index (κ3) is 4.50. The van der Waals surface area contributed by atoms with E-state index in [0.717, 1.165) is 53.0 Å². The Kier molecular flexibility index (Phi) is 6.22. The number of hydrogen-bond donors (Lipinski definition) is 1. The third-order valence-corrected chi connectivity index (χ3v) is 8.39. The van der Waals surface area contributed by atoms with Gasteiger partial charge in [-0.15, -0.1) is 11.3 Å². The van der Waals surface area contributed by atoms with Crippen molar-refractivity contribution in [3.8, 4) is 16.2 Å². The molecule has 1 N–H and O–H groups in total. The summed E-state index contributed by atoms with van der Waals surface area (Å²) in [5.74, 6) is -0.139.